The Morgan fingerprint density at radius 1 is 1.15 bits per heavy atom. The van der Waals surface area contributed by atoms with Gasteiger partial charge in [0.15, 0.2) is 0 Å². The number of carbonyl (C=O) groups is 2. The Bertz CT molecular complexity index is 823. The maximum Gasteiger partial charge on any atom is 0.259 e. The second-order valence-corrected chi connectivity index (χ2v) is 6.36. The summed E-state index contributed by atoms with van der Waals surface area (Å²) in [5, 5.41) is 7.25. The van der Waals surface area contributed by atoms with Gasteiger partial charge in [0.25, 0.3) is 11.8 Å². The van der Waals surface area contributed by atoms with Crippen molar-refractivity contribution < 1.29 is 14.3 Å². The molecule has 8 heteroatoms. The quantitative estimate of drug-likeness (QED) is 0.517. The van der Waals surface area contributed by atoms with Gasteiger partial charge in [0, 0.05) is 16.1 Å². The molecule has 2 rings (SSSR count). The number of rotatable bonds is 8. The van der Waals surface area contributed by atoms with Crippen LogP contribution in [0.3, 0.4) is 0 Å². The van der Waals surface area contributed by atoms with Crippen molar-refractivity contribution >= 4 is 41.2 Å². The molecule has 0 atom stereocenters. The van der Waals surface area contributed by atoms with E-state index in [4.69, 9.17) is 27.9 Å². The maximum absolute atomic E-state index is 12.0. The molecule has 2 aromatic carbocycles. The minimum Gasteiger partial charge on any atom is -0.494 e. The molecule has 27 heavy (non-hydrogen) atoms. The largest absolute Gasteiger partial charge is 0.494 e. The normalized spacial score (nSPS) is 10.6. The van der Waals surface area contributed by atoms with Crippen molar-refractivity contribution in [3.63, 3.8) is 0 Å². The Morgan fingerprint density at radius 2 is 1.89 bits per heavy atom. The van der Waals surface area contributed by atoms with Crippen molar-refractivity contribution in [1.82, 2.24) is 10.7 Å². The van der Waals surface area contributed by atoms with Crippen LogP contribution in [0.25, 0.3) is 0 Å². The summed E-state index contributed by atoms with van der Waals surface area (Å²) in [6, 6.07) is 11.6. The predicted octanol–water partition coefficient (Wildman–Crippen LogP) is 3.66. The number of hydrogen-bond donors (Lipinski definition) is 2. The van der Waals surface area contributed by atoms with E-state index in [1.807, 2.05) is 6.92 Å². The number of benzene rings is 2. The van der Waals surface area contributed by atoms with Crippen molar-refractivity contribution in [1.29, 1.82) is 0 Å². The number of nitrogens with one attached hydrogen (secondary N) is 2. The van der Waals surface area contributed by atoms with Crippen LogP contribution in [0, 0.1) is 0 Å². The van der Waals surface area contributed by atoms with Crippen molar-refractivity contribution in [2.45, 2.75) is 13.3 Å². The summed E-state index contributed by atoms with van der Waals surface area (Å²) < 4.78 is 5.46. The molecule has 0 aliphatic heterocycles. The molecule has 2 amide bonds. The van der Waals surface area contributed by atoms with Gasteiger partial charge < -0.3 is 10.1 Å². The number of ether oxygens (including phenoxy) is 1. The van der Waals surface area contributed by atoms with Gasteiger partial charge in [0.05, 0.1) is 24.4 Å². The Labute approximate surface area is 167 Å². The highest BCUT2D eigenvalue weighted by atomic mass is 35.5. The Hall–Kier alpha value is -2.57. The van der Waals surface area contributed by atoms with Crippen LogP contribution >= 0.6 is 23.2 Å². The van der Waals surface area contributed by atoms with Gasteiger partial charge in [-0.15, -0.1) is 0 Å². The molecule has 0 radical (unpaired) electrons. The number of hydrogen-bond acceptors (Lipinski definition) is 4. The summed E-state index contributed by atoms with van der Waals surface area (Å²) in [4.78, 5) is 23.8. The van der Waals surface area contributed by atoms with Gasteiger partial charge in [-0.3, -0.25) is 9.59 Å². The van der Waals surface area contributed by atoms with Gasteiger partial charge in [-0.1, -0.05) is 36.2 Å². The van der Waals surface area contributed by atoms with Crippen LogP contribution in [-0.2, 0) is 4.79 Å². The lowest BCUT2D eigenvalue weighted by Gasteiger charge is -2.07. The van der Waals surface area contributed by atoms with Crippen molar-refractivity contribution in [2.75, 3.05) is 13.2 Å². The van der Waals surface area contributed by atoms with Crippen LogP contribution in [-0.4, -0.2) is 31.2 Å². The molecule has 0 saturated heterocycles. The van der Waals surface area contributed by atoms with Gasteiger partial charge in [-0.05, 0) is 42.8 Å². The molecular weight excluding hydrogens is 389 g/mol. The summed E-state index contributed by atoms with van der Waals surface area (Å²) in [5.41, 5.74) is 3.36. The van der Waals surface area contributed by atoms with Crippen molar-refractivity contribution in [3.8, 4) is 5.75 Å². The van der Waals surface area contributed by atoms with Gasteiger partial charge in [-0.25, -0.2) is 5.43 Å². The number of hydrazone groups is 1. The lowest BCUT2D eigenvalue weighted by Crippen LogP contribution is -2.34. The maximum atomic E-state index is 12.0. The molecule has 0 unspecified atom stereocenters. The molecule has 142 valence electrons. The SMILES string of the molecule is CCCOc1ccc(C(=O)NCC(=O)NN=Cc2ccc(Cl)cc2Cl)cc1. The summed E-state index contributed by atoms with van der Waals surface area (Å²) in [5.74, 6) is -0.133. The van der Waals surface area contributed by atoms with Crippen LogP contribution in [0.5, 0.6) is 5.75 Å². The zero-order valence-corrected chi connectivity index (χ0v) is 16.2. The van der Waals surface area contributed by atoms with Crippen LogP contribution in [0.2, 0.25) is 10.0 Å². The Balaban J connectivity index is 1.79. The number of nitrogens with zero attached hydrogens (tertiary/aromatic N) is 1. The first-order chi connectivity index (χ1) is 13.0. The third-order valence-electron chi connectivity index (χ3n) is 3.35. The van der Waals surface area contributed by atoms with Gasteiger partial charge in [0.2, 0.25) is 0 Å². The van der Waals surface area contributed by atoms with Crippen LogP contribution in [0.4, 0.5) is 0 Å². The third-order valence-corrected chi connectivity index (χ3v) is 3.92. The first-order valence-corrected chi connectivity index (χ1v) is 9.03. The summed E-state index contributed by atoms with van der Waals surface area (Å²) in [7, 11) is 0. The zero-order valence-electron chi connectivity index (χ0n) is 14.7. The summed E-state index contributed by atoms with van der Waals surface area (Å²) in [6.07, 6.45) is 2.30. The highest BCUT2D eigenvalue weighted by molar-refractivity contribution is 6.36. The van der Waals surface area contributed by atoms with E-state index in [1.165, 1.54) is 6.21 Å². The van der Waals surface area contributed by atoms with E-state index in [9.17, 15) is 9.59 Å². The molecule has 0 aliphatic carbocycles. The van der Waals surface area contributed by atoms with E-state index >= 15 is 0 Å². The van der Waals surface area contributed by atoms with E-state index in [2.05, 4.69) is 15.8 Å². The van der Waals surface area contributed by atoms with Gasteiger partial charge in [0.1, 0.15) is 5.75 Å². The number of halogens is 2. The Kier molecular flexibility index (Phi) is 8.10. The molecule has 6 nitrogen and oxygen atoms in total. The summed E-state index contributed by atoms with van der Waals surface area (Å²) in [6.45, 7) is 2.42. The lowest BCUT2D eigenvalue weighted by molar-refractivity contribution is -0.120. The second kappa shape index (κ2) is 10.5. The summed E-state index contributed by atoms with van der Waals surface area (Å²) >= 11 is 11.8. The minimum absolute atomic E-state index is 0.210. The molecule has 0 aliphatic rings. The fourth-order valence-corrected chi connectivity index (χ4v) is 2.46. The molecule has 0 spiro atoms. The predicted molar refractivity (Wildman–Crippen MR) is 107 cm³/mol. The third kappa shape index (κ3) is 6.92. The Morgan fingerprint density at radius 3 is 2.56 bits per heavy atom. The highest BCUT2D eigenvalue weighted by Crippen LogP contribution is 2.19. The van der Waals surface area contributed by atoms with E-state index < -0.39 is 5.91 Å². The second-order valence-electron chi connectivity index (χ2n) is 5.51. The van der Waals surface area contributed by atoms with E-state index in [0.29, 0.717) is 33.5 Å². The number of carbonyl (C=O) groups excluding carboxylic acids is 2. The van der Waals surface area contributed by atoms with E-state index in [1.54, 1.807) is 42.5 Å². The number of amides is 2. The first kappa shape index (κ1) is 20.7. The van der Waals surface area contributed by atoms with Gasteiger partial charge in [-0.2, -0.15) is 5.10 Å². The monoisotopic (exact) mass is 407 g/mol. The van der Waals surface area contributed by atoms with Crippen LogP contribution in [0.15, 0.2) is 47.6 Å². The molecule has 0 fully saturated rings. The van der Waals surface area contributed by atoms with Crippen molar-refractivity contribution in [3.05, 3.63) is 63.6 Å². The fraction of sp³-hybridized carbons (Fsp3) is 0.211. The zero-order chi connectivity index (χ0) is 19.6. The average Bonchev–Trinajstić information content (AvgIpc) is 2.66. The molecule has 0 saturated carbocycles. The molecule has 0 bridgehead atoms. The topological polar surface area (TPSA) is 79.8 Å². The van der Waals surface area contributed by atoms with Gasteiger partial charge >= 0.3 is 0 Å². The molecule has 2 aromatic rings. The fourth-order valence-electron chi connectivity index (χ4n) is 2.00. The first-order valence-electron chi connectivity index (χ1n) is 8.27. The standard InChI is InChI=1S/C19H19Cl2N3O3/c1-2-9-27-16-7-4-13(5-8-16)19(26)22-12-18(25)24-23-11-14-3-6-15(20)10-17(14)21/h3-8,10-11H,2,9,12H2,1H3,(H,22,26)(H,24,25). The molecular formula is C19H19Cl2N3O3. The molecule has 0 aromatic heterocycles. The van der Waals surface area contributed by atoms with E-state index in [0.717, 1.165) is 6.42 Å². The molecule has 2 N–H and O–H groups in total. The van der Waals surface area contributed by atoms with Crippen LogP contribution in [0.1, 0.15) is 29.3 Å². The van der Waals surface area contributed by atoms with Crippen LogP contribution < -0.4 is 15.5 Å². The highest BCUT2D eigenvalue weighted by Gasteiger charge is 2.08. The van der Waals surface area contributed by atoms with E-state index in [-0.39, 0.29) is 12.5 Å². The molecule has 0 heterocycles. The lowest BCUT2D eigenvalue weighted by atomic mass is 10.2. The average molecular weight is 408 g/mol. The van der Waals surface area contributed by atoms with Crippen molar-refractivity contribution in [2.24, 2.45) is 5.10 Å². The smallest absolute Gasteiger partial charge is 0.259 e. The minimum atomic E-state index is -0.465.